The van der Waals surface area contributed by atoms with Crippen molar-refractivity contribution in [3.63, 3.8) is 0 Å². The van der Waals surface area contributed by atoms with E-state index in [4.69, 9.17) is 4.74 Å². The van der Waals surface area contributed by atoms with Crippen molar-refractivity contribution in [2.75, 3.05) is 5.32 Å². The average Bonchev–Trinajstić information content (AvgIpc) is 2.47. The van der Waals surface area contributed by atoms with Crippen LogP contribution < -0.4 is 5.32 Å². The first-order valence-electron chi connectivity index (χ1n) is 4.93. The van der Waals surface area contributed by atoms with Crippen LogP contribution in [0.15, 0.2) is 18.6 Å². The molecule has 76 valence electrons. The van der Waals surface area contributed by atoms with E-state index >= 15 is 0 Å². The summed E-state index contributed by atoms with van der Waals surface area (Å²) in [6.45, 7) is 4.18. The van der Waals surface area contributed by atoms with Crippen molar-refractivity contribution in [1.82, 2.24) is 9.97 Å². The molecule has 1 saturated heterocycles. The van der Waals surface area contributed by atoms with Gasteiger partial charge in [-0.2, -0.15) is 0 Å². The second-order valence-electron chi connectivity index (χ2n) is 3.73. The third-order valence-corrected chi connectivity index (χ3v) is 2.51. The van der Waals surface area contributed by atoms with Crippen LogP contribution in [0.5, 0.6) is 0 Å². The van der Waals surface area contributed by atoms with Crippen LogP contribution in [0.4, 0.5) is 5.82 Å². The zero-order valence-electron chi connectivity index (χ0n) is 8.47. The van der Waals surface area contributed by atoms with E-state index in [0.717, 1.165) is 12.2 Å². The Kier molecular flexibility index (Phi) is 2.63. The highest BCUT2D eigenvalue weighted by atomic mass is 16.5. The molecule has 4 heteroatoms. The molecule has 1 N–H and O–H groups in total. The molecule has 3 unspecified atom stereocenters. The van der Waals surface area contributed by atoms with Crippen LogP contribution in [0.1, 0.15) is 20.3 Å². The lowest BCUT2D eigenvalue weighted by Gasteiger charge is -2.15. The fraction of sp³-hybridized carbons (Fsp3) is 0.600. The molecule has 0 radical (unpaired) electrons. The summed E-state index contributed by atoms with van der Waals surface area (Å²) in [5.41, 5.74) is 0. The Morgan fingerprint density at radius 2 is 2.36 bits per heavy atom. The molecule has 1 aliphatic heterocycles. The smallest absolute Gasteiger partial charge is 0.129 e. The molecular formula is C10H15N3O. The Labute approximate surface area is 83.7 Å². The third-order valence-electron chi connectivity index (χ3n) is 2.51. The fourth-order valence-electron chi connectivity index (χ4n) is 1.81. The van der Waals surface area contributed by atoms with Gasteiger partial charge in [-0.3, -0.25) is 0 Å². The molecular weight excluding hydrogens is 178 g/mol. The first kappa shape index (κ1) is 9.40. The van der Waals surface area contributed by atoms with E-state index in [1.54, 1.807) is 12.5 Å². The van der Waals surface area contributed by atoms with Gasteiger partial charge in [-0.1, -0.05) is 0 Å². The summed E-state index contributed by atoms with van der Waals surface area (Å²) in [5.74, 6) is 0.870. The number of rotatable bonds is 2. The maximum absolute atomic E-state index is 5.64. The van der Waals surface area contributed by atoms with E-state index in [9.17, 15) is 0 Å². The second kappa shape index (κ2) is 3.92. The van der Waals surface area contributed by atoms with Crippen molar-refractivity contribution < 1.29 is 4.74 Å². The van der Waals surface area contributed by atoms with Crippen molar-refractivity contribution in [2.45, 2.75) is 38.5 Å². The van der Waals surface area contributed by atoms with Gasteiger partial charge in [0.15, 0.2) is 0 Å². The van der Waals surface area contributed by atoms with Crippen molar-refractivity contribution in [1.29, 1.82) is 0 Å². The topological polar surface area (TPSA) is 47.0 Å². The van der Waals surface area contributed by atoms with Crippen LogP contribution in [-0.2, 0) is 4.74 Å². The Bertz CT molecular complexity index is 291. The lowest BCUT2D eigenvalue weighted by molar-refractivity contribution is 0.0650. The van der Waals surface area contributed by atoms with Crippen molar-refractivity contribution >= 4 is 5.82 Å². The largest absolute Gasteiger partial charge is 0.373 e. The highest BCUT2D eigenvalue weighted by Gasteiger charge is 2.29. The Morgan fingerprint density at radius 1 is 1.50 bits per heavy atom. The maximum atomic E-state index is 5.64. The van der Waals surface area contributed by atoms with Gasteiger partial charge in [0.25, 0.3) is 0 Å². The number of ether oxygens (including phenoxy) is 1. The van der Waals surface area contributed by atoms with Crippen LogP contribution >= 0.6 is 0 Å². The molecule has 1 aliphatic rings. The van der Waals surface area contributed by atoms with Crippen LogP contribution in [-0.4, -0.2) is 28.2 Å². The number of nitrogens with one attached hydrogen (secondary N) is 1. The predicted octanol–water partition coefficient (Wildman–Crippen LogP) is 1.45. The summed E-state index contributed by atoms with van der Waals surface area (Å²) in [4.78, 5) is 8.00. The average molecular weight is 193 g/mol. The standard InChI is InChI=1S/C10H15N3O/c1-7-5-9(8(2)14-7)13-10-3-4-11-6-12-10/h3-4,6-9H,5H2,1-2H3,(H,11,12,13). The summed E-state index contributed by atoms with van der Waals surface area (Å²) >= 11 is 0. The minimum absolute atomic E-state index is 0.250. The van der Waals surface area contributed by atoms with Crippen molar-refractivity contribution in [2.24, 2.45) is 0 Å². The zero-order chi connectivity index (χ0) is 9.97. The molecule has 0 amide bonds. The molecule has 2 heterocycles. The highest BCUT2D eigenvalue weighted by Crippen LogP contribution is 2.22. The second-order valence-corrected chi connectivity index (χ2v) is 3.73. The van der Waals surface area contributed by atoms with Gasteiger partial charge in [-0.05, 0) is 26.3 Å². The van der Waals surface area contributed by atoms with Gasteiger partial charge in [0.2, 0.25) is 0 Å². The molecule has 1 aromatic rings. The molecule has 14 heavy (non-hydrogen) atoms. The molecule has 0 saturated carbocycles. The summed E-state index contributed by atoms with van der Waals surface area (Å²) in [6, 6.07) is 2.23. The monoisotopic (exact) mass is 193 g/mol. The van der Waals surface area contributed by atoms with Gasteiger partial charge in [0.05, 0.1) is 18.2 Å². The normalized spacial score (nSPS) is 31.7. The minimum atomic E-state index is 0.250. The minimum Gasteiger partial charge on any atom is -0.373 e. The number of nitrogens with zero attached hydrogens (tertiary/aromatic N) is 2. The quantitative estimate of drug-likeness (QED) is 0.772. The molecule has 3 atom stereocenters. The van der Waals surface area contributed by atoms with Gasteiger partial charge in [-0.25, -0.2) is 9.97 Å². The Hall–Kier alpha value is -1.16. The van der Waals surface area contributed by atoms with Crippen LogP contribution in [0.3, 0.4) is 0 Å². The van der Waals surface area contributed by atoms with Gasteiger partial charge in [0, 0.05) is 6.20 Å². The first-order valence-corrected chi connectivity index (χ1v) is 4.93. The van der Waals surface area contributed by atoms with Gasteiger partial charge in [0.1, 0.15) is 12.1 Å². The zero-order valence-corrected chi connectivity index (χ0v) is 8.47. The molecule has 4 nitrogen and oxygen atoms in total. The van der Waals surface area contributed by atoms with Crippen LogP contribution in [0.25, 0.3) is 0 Å². The fourth-order valence-corrected chi connectivity index (χ4v) is 1.81. The van der Waals surface area contributed by atoms with E-state index in [2.05, 4.69) is 29.1 Å². The summed E-state index contributed by atoms with van der Waals surface area (Å²) in [6.07, 6.45) is 4.90. The van der Waals surface area contributed by atoms with Crippen LogP contribution in [0.2, 0.25) is 0 Å². The molecule has 0 bridgehead atoms. The van der Waals surface area contributed by atoms with Gasteiger partial charge in [-0.15, -0.1) is 0 Å². The van der Waals surface area contributed by atoms with Gasteiger partial charge < -0.3 is 10.1 Å². The predicted molar refractivity (Wildman–Crippen MR) is 54.1 cm³/mol. The third kappa shape index (κ3) is 2.01. The number of aromatic nitrogens is 2. The molecule has 1 aromatic heterocycles. The van der Waals surface area contributed by atoms with E-state index in [1.165, 1.54) is 0 Å². The van der Waals surface area contributed by atoms with Gasteiger partial charge >= 0.3 is 0 Å². The lowest BCUT2D eigenvalue weighted by atomic mass is 10.1. The van der Waals surface area contributed by atoms with E-state index in [0.29, 0.717) is 12.1 Å². The molecule has 0 aromatic carbocycles. The summed E-state index contributed by atoms with van der Waals surface area (Å²) in [7, 11) is 0. The number of anilines is 1. The Morgan fingerprint density at radius 3 is 2.93 bits per heavy atom. The van der Waals surface area contributed by atoms with Crippen molar-refractivity contribution in [3.05, 3.63) is 18.6 Å². The summed E-state index contributed by atoms with van der Waals surface area (Å²) in [5, 5.41) is 3.34. The van der Waals surface area contributed by atoms with E-state index in [-0.39, 0.29) is 6.10 Å². The first-order chi connectivity index (χ1) is 6.75. The molecule has 0 aliphatic carbocycles. The SMILES string of the molecule is CC1CC(Nc2ccncn2)C(C)O1. The number of hydrogen-bond acceptors (Lipinski definition) is 4. The molecule has 1 fully saturated rings. The lowest BCUT2D eigenvalue weighted by Crippen LogP contribution is -2.27. The van der Waals surface area contributed by atoms with Crippen molar-refractivity contribution in [3.8, 4) is 0 Å². The number of hydrogen-bond donors (Lipinski definition) is 1. The maximum Gasteiger partial charge on any atom is 0.129 e. The Balaban J connectivity index is 1.98. The molecule has 0 spiro atoms. The highest BCUT2D eigenvalue weighted by molar-refractivity contribution is 5.33. The van der Waals surface area contributed by atoms with Crippen LogP contribution in [0, 0.1) is 0 Å². The van der Waals surface area contributed by atoms with E-state index < -0.39 is 0 Å². The molecule has 2 rings (SSSR count). The van der Waals surface area contributed by atoms with E-state index in [1.807, 2.05) is 6.07 Å². The summed E-state index contributed by atoms with van der Waals surface area (Å²) < 4.78 is 5.64.